The summed E-state index contributed by atoms with van der Waals surface area (Å²) >= 11 is 0. The summed E-state index contributed by atoms with van der Waals surface area (Å²) in [5, 5.41) is 0. The summed E-state index contributed by atoms with van der Waals surface area (Å²) in [5.74, 6) is 0.931. The zero-order chi connectivity index (χ0) is 4.69. The van der Waals surface area contributed by atoms with E-state index in [4.69, 9.17) is 0 Å². The van der Waals surface area contributed by atoms with Crippen LogP contribution in [0, 0.1) is 5.92 Å². The molecule has 1 saturated carbocycles. The van der Waals surface area contributed by atoms with Gasteiger partial charge in [0.15, 0.2) is 0 Å². The second-order valence-electron chi connectivity index (χ2n) is 2.38. The van der Waals surface area contributed by atoms with E-state index in [2.05, 4.69) is 18.2 Å². The third-order valence-corrected chi connectivity index (χ3v) is 1.76. The summed E-state index contributed by atoms with van der Waals surface area (Å²) in [5.41, 5.74) is 1.65. The van der Waals surface area contributed by atoms with E-state index in [1.54, 1.807) is 5.57 Å². The van der Waals surface area contributed by atoms with Crippen molar-refractivity contribution < 1.29 is 0 Å². The molecule has 0 aliphatic heterocycles. The summed E-state index contributed by atoms with van der Waals surface area (Å²) in [6.07, 6.45) is 9.42. The Morgan fingerprint density at radius 2 is 2.29 bits per heavy atom. The van der Waals surface area contributed by atoms with E-state index in [0.29, 0.717) is 0 Å². The van der Waals surface area contributed by atoms with Crippen molar-refractivity contribution in [2.45, 2.75) is 12.8 Å². The Kier molecular flexibility index (Phi) is 0.498. The lowest BCUT2D eigenvalue weighted by Gasteiger charge is -2.29. The average Bonchev–Trinajstić information content (AvgIpc) is 1.67. The van der Waals surface area contributed by atoms with Gasteiger partial charge in [-0.2, -0.15) is 0 Å². The normalized spacial score (nSPS) is 26.6. The third-order valence-electron chi connectivity index (χ3n) is 1.76. The van der Waals surface area contributed by atoms with Gasteiger partial charge in [0.05, 0.1) is 0 Å². The average molecular weight is 92.1 g/mol. The van der Waals surface area contributed by atoms with Gasteiger partial charge in [0.2, 0.25) is 0 Å². The van der Waals surface area contributed by atoms with Gasteiger partial charge in [-0.3, -0.25) is 0 Å². The SMILES string of the molecule is C1=CC2CC(=C1)C2. The van der Waals surface area contributed by atoms with E-state index in [1.807, 2.05) is 0 Å². The van der Waals surface area contributed by atoms with Crippen molar-refractivity contribution in [1.82, 2.24) is 0 Å². The largest absolute Gasteiger partial charge is 0.0808 e. The standard InChI is InChI=1S/C7H8/c1-2-6-4-7(3-1)5-6/h1-3,6H,4-5H2. The van der Waals surface area contributed by atoms with Crippen LogP contribution in [0.5, 0.6) is 0 Å². The molecule has 0 atom stereocenters. The van der Waals surface area contributed by atoms with Crippen LogP contribution in [0.2, 0.25) is 0 Å². The highest BCUT2D eigenvalue weighted by Crippen LogP contribution is 2.36. The van der Waals surface area contributed by atoms with Crippen LogP contribution in [-0.2, 0) is 0 Å². The lowest BCUT2D eigenvalue weighted by atomic mass is 9.77. The minimum Gasteiger partial charge on any atom is -0.0808 e. The molecular formula is C7H8. The maximum absolute atomic E-state index is 2.30. The van der Waals surface area contributed by atoms with E-state index >= 15 is 0 Å². The highest BCUT2D eigenvalue weighted by molar-refractivity contribution is 5.28. The molecule has 3 aliphatic rings. The van der Waals surface area contributed by atoms with E-state index in [-0.39, 0.29) is 0 Å². The molecule has 0 unspecified atom stereocenters. The lowest BCUT2D eigenvalue weighted by molar-refractivity contribution is 0.505. The quantitative estimate of drug-likeness (QED) is 0.428. The Hall–Kier alpha value is -0.520. The molecule has 7 heavy (non-hydrogen) atoms. The predicted molar refractivity (Wildman–Crippen MR) is 29.9 cm³/mol. The molecule has 0 aromatic heterocycles. The van der Waals surface area contributed by atoms with Crippen LogP contribution >= 0.6 is 0 Å². The van der Waals surface area contributed by atoms with Crippen molar-refractivity contribution in [2.24, 2.45) is 5.92 Å². The summed E-state index contributed by atoms with van der Waals surface area (Å²) in [7, 11) is 0. The van der Waals surface area contributed by atoms with E-state index in [1.165, 1.54) is 12.8 Å². The highest BCUT2D eigenvalue weighted by atomic mass is 14.3. The number of fused-ring (bicyclic) bond motifs is 1. The van der Waals surface area contributed by atoms with Gasteiger partial charge in [0.1, 0.15) is 0 Å². The Morgan fingerprint density at radius 3 is 2.43 bits per heavy atom. The molecule has 0 N–H and O–H groups in total. The second-order valence-corrected chi connectivity index (χ2v) is 2.38. The summed E-state index contributed by atoms with van der Waals surface area (Å²) in [4.78, 5) is 0. The molecule has 0 aromatic carbocycles. The first kappa shape index (κ1) is 3.48. The van der Waals surface area contributed by atoms with Crippen molar-refractivity contribution in [1.29, 1.82) is 0 Å². The van der Waals surface area contributed by atoms with Crippen molar-refractivity contribution in [3.8, 4) is 0 Å². The topological polar surface area (TPSA) is 0 Å². The molecular weight excluding hydrogens is 84.1 g/mol. The molecule has 0 nitrogen and oxygen atoms in total. The number of allylic oxidation sites excluding steroid dienone is 4. The van der Waals surface area contributed by atoms with Crippen LogP contribution in [0.4, 0.5) is 0 Å². The molecule has 0 aromatic rings. The summed E-state index contributed by atoms with van der Waals surface area (Å²) in [6, 6.07) is 0. The lowest BCUT2D eigenvalue weighted by Crippen LogP contribution is -2.14. The molecule has 1 fully saturated rings. The fourth-order valence-corrected chi connectivity index (χ4v) is 1.23. The molecule has 0 amide bonds. The molecule has 3 rings (SSSR count). The third kappa shape index (κ3) is 0.365. The first-order valence-corrected chi connectivity index (χ1v) is 2.81. The van der Waals surface area contributed by atoms with Crippen LogP contribution in [0.1, 0.15) is 12.8 Å². The van der Waals surface area contributed by atoms with E-state index < -0.39 is 0 Å². The number of hydrogen-bond acceptors (Lipinski definition) is 0. The Labute approximate surface area is 43.5 Å². The molecule has 0 radical (unpaired) electrons. The van der Waals surface area contributed by atoms with E-state index in [0.717, 1.165) is 5.92 Å². The van der Waals surface area contributed by atoms with Gasteiger partial charge in [-0.1, -0.05) is 23.8 Å². The van der Waals surface area contributed by atoms with Crippen molar-refractivity contribution in [3.63, 3.8) is 0 Å². The van der Waals surface area contributed by atoms with Crippen LogP contribution in [-0.4, -0.2) is 0 Å². The smallest absolute Gasteiger partial charge is 0.0156 e. The predicted octanol–water partition coefficient (Wildman–Crippen LogP) is 1.89. The van der Waals surface area contributed by atoms with Gasteiger partial charge in [-0.15, -0.1) is 0 Å². The Morgan fingerprint density at radius 1 is 1.43 bits per heavy atom. The molecule has 0 spiro atoms. The molecule has 36 valence electrons. The summed E-state index contributed by atoms with van der Waals surface area (Å²) < 4.78 is 0. The van der Waals surface area contributed by atoms with Gasteiger partial charge in [-0.05, 0) is 18.8 Å². The maximum Gasteiger partial charge on any atom is -0.0156 e. The molecule has 3 aliphatic carbocycles. The minimum absolute atomic E-state index is 0.931. The number of rotatable bonds is 0. The van der Waals surface area contributed by atoms with Crippen LogP contribution in [0.15, 0.2) is 23.8 Å². The summed E-state index contributed by atoms with van der Waals surface area (Å²) in [6.45, 7) is 0. The fraction of sp³-hybridized carbons (Fsp3) is 0.429. The highest BCUT2D eigenvalue weighted by Gasteiger charge is 2.21. The van der Waals surface area contributed by atoms with Crippen LogP contribution in [0.3, 0.4) is 0 Å². The van der Waals surface area contributed by atoms with Crippen LogP contribution in [0.25, 0.3) is 0 Å². The Bertz CT molecular complexity index is 132. The Balaban J connectivity index is 2.36. The van der Waals surface area contributed by atoms with E-state index in [9.17, 15) is 0 Å². The first-order valence-electron chi connectivity index (χ1n) is 2.81. The zero-order valence-corrected chi connectivity index (χ0v) is 4.22. The van der Waals surface area contributed by atoms with Gasteiger partial charge >= 0.3 is 0 Å². The fourth-order valence-electron chi connectivity index (χ4n) is 1.23. The van der Waals surface area contributed by atoms with Crippen molar-refractivity contribution >= 4 is 0 Å². The first-order chi connectivity index (χ1) is 3.45. The van der Waals surface area contributed by atoms with Gasteiger partial charge in [-0.25, -0.2) is 0 Å². The van der Waals surface area contributed by atoms with Gasteiger partial charge in [0.25, 0.3) is 0 Å². The van der Waals surface area contributed by atoms with Crippen molar-refractivity contribution in [2.75, 3.05) is 0 Å². The molecule has 0 heterocycles. The monoisotopic (exact) mass is 92.1 g/mol. The van der Waals surface area contributed by atoms with Crippen molar-refractivity contribution in [3.05, 3.63) is 23.8 Å². The maximum atomic E-state index is 2.30. The second kappa shape index (κ2) is 1.00. The molecule has 2 bridgehead atoms. The van der Waals surface area contributed by atoms with Crippen LogP contribution < -0.4 is 0 Å². The van der Waals surface area contributed by atoms with Gasteiger partial charge in [0, 0.05) is 0 Å². The zero-order valence-electron chi connectivity index (χ0n) is 4.22. The molecule has 0 heteroatoms. The number of hydrogen-bond donors (Lipinski definition) is 0. The molecule has 0 saturated heterocycles. The van der Waals surface area contributed by atoms with Gasteiger partial charge < -0.3 is 0 Å². The minimum atomic E-state index is 0.931.